The summed E-state index contributed by atoms with van der Waals surface area (Å²) in [5, 5.41) is 4.09. The summed E-state index contributed by atoms with van der Waals surface area (Å²) in [4.78, 5) is 14.5. The molecule has 1 saturated heterocycles. The van der Waals surface area contributed by atoms with Crippen LogP contribution in [-0.2, 0) is 4.79 Å². The monoisotopic (exact) mass is 256 g/mol. The van der Waals surface area contributed by atoms with Gasteiger partial charge in [0.25, 0.3) is 0 Å². The van der Waals surface area contributed by atoms with Crippen molar-refractivity contribution in [2.45, 2.75) is 69.5 Å². The maximum Gasteiger partial charge on any atom is 0.241 e. The Labute approximate surface area is 109 Å². The van der Waals surface area contributed by atoms with E-state index < -0.39 is 0 Å². The van der Waals surface area contributed by atoms with Crippen molar-refractivity contribution < 1.29 is 4.79 Å². The zero-order valence-corrected chi connectivity index (χ0v) is 11.9. The molecule has 1 saturated carbocycles. The predicted octanol–water partition coefficient (Wildman–Crippen LogP) is 2.22. The van der Waals surface area contributed by atoms with Gasteiger partial charge in [0, 0.05) is 11.3 Å². The molecule has 2 rings (SSSR count). The summed E-state index contributed by atoms with van der Waals surface area (Å²) >= 11 is 1.93. The Kier molecular flexibility index (Phi) is 4.36. The van der Waals surface area contributed by atoms with Gasteiger partial charge in [0.2, 0.25) is 5.91 Å². The molecule has 1 N–H and O–H groups in total. The van der Waals surface area contributed by atoms with Crippen LogP contribution in [0, 0.1) is 0 Å². The summed E-state index contributed by atoms with van der Waals surface area (Å²) in [7, 11) is 0. The molecule has 4 heteroatoms. The van der Waals surface area contributed by atoms with E-state index in [4.69, 9.17) is 0 Å². The molecule has 1 amide bonds. The standard InChI is InChI=1S/C13H24N2OS/c1-4-6-12-14-9(2)13(16)15(12)10-7-5-8-11(10)17-3/h9-12,14H,4-8H2,1-3H3. The molecule has 0 aromatic heterocycles. The zero-order valence-electron chi connectivity index (χ0n) is 11.1. The smallest absolute Gasteiger partial charge is 0.241 e. The van der Waals surface area contributed by atoms with Gasteiger partial charge in [-0.05, 0) is 32.4 Å². The van der Waals surface area contributed by atoms with Crippen LogP contribution in [0.15, 0.2) is 0 Å². The highest BCUT2D eigenvalue weighted by Gasteiger charge is 2.43. The van der Waals surface area contributed by atoms with E-state index in [0.717, 1.165) is 12.8 Å². The Morgan fingerprint density at radius 2 is 2.24 bits per heavy atom. The van der Waals surface area contributed by atoms with Crippen LogP contribution in [-0.4, -0.2) is 40.6 Å². The van der Waals surface area contributed by atoms with Crippen LogP contribution >= 0.6 is 11.8 Å². The molecule has 1 heterocycles. The lowest BCUT2D eigenvalue weighted by atomic mass is 10.1. The molecule has 2 aliphatic rings. The second-order valence-electron chi connectivity index (χ2n) is 5.21. The summed E-state index contributed by atoms with van der Waals surface area (Å²) in [5.74, 6) is 0.314. The van der Waals surface area contributed by atoms with E-state index in [1.54, 1.807) is 0 Å². The van der Waals surface area contributed by atoms with Gasteiger partial charge in [-0.15, -0.1) is 0 Å². The van der Waals surface area contributed by atoms with Gasteiger partial charge in [0.1, 0.15) is 0 Å². The van der Waals surface area contributed by atoms with Crippen molar-refractivity contribution in [1.29, 1.82) is 0 Å². The lowest BCUT2D eigenvalue weighted by molar-refractivity contribution is -0.131. The van der Waals surface area contributed by atoms with Crippen molar-refractivity contribution >= 4 is 17.7 Å². The number of thioether (sulfide) groups is 1. The molecule has 4 unspecified atom stereocenters. The quantitative estimate of drug-likeness (QED) is 0.837. The first-order chi connectivity index (χ1) is 8.19. The van der Waals surface area contributed by atoms with Crippen LogP contribution in [0.2, 0.25) is 0 Å². The fourth-order valence-corrected chi connectivity index (χ4v) is 4.19. The summed E-state index contributed by atoms with van der Waals surface area (Å²) in [6, 6.07) is 0.473. The first-order valence-electron chi connectivity index (χ1n) is 6.80. The van der Waals surface area contributed by atoms with Gasteiger partial charge in [0.05, 0.1) is 12.2 Å². The van der Waals surface area contributed by atoms with Crippen molar-refractivity contribution in [2.24, 2.45) is 0 Å². The van der Waals surface area contributed by atoms with Gasteiger partial charge in [-0.25, -0.2) is 0 Å². The highest BCUT2D eigenvalue weighted by molar-refractivity contribution is 7.99. The van der Waals surface area contributed by atoms with Gasteiger partial charge < -0.3 is 4.90 Å². The van der Waals surface area contributed by atoms with Crippen molar-refractivity contribution in [1.82, 2.24) is 10.2 Å². The minimum absolute atomic E-state index is 0.00894. The van der Waals surface area contributed by atoms with Crippen LogP contribution in [0.1, 0.15) is 46.0 Å². The number of nitrogens with zero attached hydrogens (tertiary/aromatic N) is 1. The van der Waals surface area contributed by atoms with Crippen LogP contribution in [0.3, 0.4) is 0 Å². The molecule has 0 aromatic carbocycles. The van der Waals surface area contributed by atoms with Crippen LogP contribution in [0.25, 0.3) is 0 Å². The van der Waals surface area contributed by atoms with Crippen molar-refractivity contribution in [2.75, 3.05) is 6.26 Å². The van der Waals surface area contributed by atoms with Crippen LogP contribution in [0.5, 0.6) is 0 Å². The molecule has 0 bridgehead atoms. The van der Waals surface area contributed by atoms with E-state index in [9.17, 15) is 4.79 Å². The van der Waals surface area contributed by atoms with E-state index in [1.165, 1.54) is 19.3 Å². The number of rotatable bonds is 4. The van der Waals surface area contributed by atoms with E-state index in [1.807, 2.05) is 18.7 Å². The molecule has 0 spiro atoms. The summed E-state index contributed by atoms with van der Waals surface area (Å²) < 4.78 is 0. The van der Waals surface area contributed by atoms with Crippen molar-refractivity contribution in [3.05, 3.63) is 0 Å². The molecule has 0 aromatic rings. The third-order valence-corrected chi connectivity index (χ3v) is 5.20. The van der Waals surface area contributed by atoms with E-state index >= 15 is 0 Å². The fraction of sp³-hybridized carbons (Fsp3) is 0.923. The lowest BCUT2D eigenvalue weighted by Crippen LogP contribution is -2.47. The summed E-state index contributed by atoms with van der Waals surface area (Å²) in [5.41, 5.74) is 0. The molecule has 0 radical (unpaired) electrons. The highest BCUT2D eigenvalue weighted by Crippen LogP contribution is 2.35. The summed E-state index contributed by atoms with van der Waals surface area (Å²) in [6.07, 6.45) is 8.38. The van der Waals surface area contributed by atoms with Gasteiger partial charge >= 0.3 is 0 Å². The second-order valence-corrected chi connectivity index (χ2v) is 6.29. The highest BCUT2D eigenvalue weighted by atomic mass is 32.2. The Bertz CT molecular complexity index is 285. The molecule has 17 heavy (non-hydrogen) atoms. The topological polar surface area (TPSA) is 32.3 Å². The maximum atomic E-state index is 12.3. The number of hydrogen-bond donors (Lipinski definition) is 1. The Morgan fingerprint density at radius 1 is 1.47 bits per heavy atom. The van der Waals surface area contributed by atoms with Gasteiger partial charge in [-0.2, -0.15) is 11.8 Å². The SMILES string of the molecule is CCCC1NC(C)C(=O)N1C1CCCC1SC. The number of hydrogen-bond acceptors (Lipinski definition) is 3. The predicted molar refractivity (Wildman–Crippen MR) is 73.1 cm³/mol. The average molecular weight is 256 g/mol. The van der Waals surface area contributed by atoms with E-state index in [2.05, 4.69) is 23.4 Å². The largest absolute Gasteiger partial charge is 0.322 e. The molecule has 98 valence electrons. The first-order valence-corrected chi connectivity index (χ1v) is 8.08. The summed E-state index contributed by atoms with van der Waals surface area (Å²) in [6.45, 7) is 4.18. The molecule has 2 fully saturated rings. The van der Waals surface area contributed by atoms with Crippen molar-refractivity contribution in [3.8, 4) is 0 Å². The van der Waals surface area contributed by atoms with E-state index in [-0.39, 0.29) is 12.2 Å². The lowest BCUT2D eigenvalue weighted by Gasteiger charge is -2.33. The minimum Gasteiger partial charge on any atom is -0.322 e. The van der Waals surface area contributed by atoms with Crippen molar-refractivity contribution in [3.63, 3.8) is 0 Å². The van der Waals surface area contributed by atoms with Crippen LogP contribution < -0.4 is 5.32 Å². The molecule has 3 nitrogen and oxygen atoms in total. The average Bonchev–Trinajstić information content (AvgIpc) is 2.86. The third kappa shape index (κ3) is 2.48. The Balaban J connectivity index is 2.12. The van der Waals surface area contributed by atoms with E-state index in [0.29, 0.717) is 17.2 Å². The molecule has 1 aliphatic heterocycles. The third-order valence-electron chi connectivity index (χ3n) is 4.04. The molecule has 4 atom stereocenters. The van der Waals surface area contributed by atoms with Gasteiger partial charge in [0.15, 0.2) is 0 Å². The number of carbonyl (C=O) groups excluding carboxylic acids is 1. The molecule has 1 aliphatic carbocycles. The second kappa shape index (κ2) is 5.61. The zero-order chi connectivity index (χ0) is 12.4. The van der Waals surface area contributed by atoms with Gasteiger partial charge in [-0.3, -0.25) is 10.1 Å². The maximum absolute atomic E-state index is 12.3. The number of carbonyl (C=O) groups is 1. The van der Waals surface area contributed by atoms with Gasteiger partial charge in [-0.1, -0.05) is 19.8 Å². The Hall–Kier alpha value is -0.220. The molecular weight excluding hydrogens is 232 g/mol. The fourth-order valence-electron chi connectivity index (χ4n) is 3.21. The van der Waals surface area contributed by atoms with Crippen LogP contribution in [0.4, 0.5) is 0 Å². The minimum atomic E-state index is 0.00894. The number of amides is 1. The first kappa shape index (κ1) is 13.2. The normalized spacial score (nSPS) is 38.1. The Morgan fingerprint density at radius 3 is 2.88 bits per heavy atom. The number of nitrogens with one attached hydrogen (secondary N) is 1. The molecular formula is C13H24N2OS.